The van der Waals surface area contributed by atoms with E-state index in [4.69, 9.17) is 0 Å². The van der Waals surface area contributed by atoms with Gasteiger partial charge in [-0.25, -0.2) is 8.42 Å². The molecule has 3 aromatic rings. The van der Waals surface area contributed by atoms with Crippen molar-refractivity contribution < 1.29 is 26.4 Å². The first kappa shape index (κ1) is 22.6. The van der Waals surface area contributed by atoms with Crippen LogP contribution in [0.5, 0.6) is 0 Å². The summed E-state index contributed by atoms with van der Waals surface area (Å²) in [7, 11) is -4.03. The Morgan fingerprint density at radius 1 is 1.00 bits per heavy atom. The van der Waals surface area contributed by atoms with Gasteiger partial charge in [0.25, 0.3) is 0 Å². The van der Waals surface area contributed by atoms with Crippen LogP contribution in [0, 0.1) is 0 Å². The standard InChI is InChI=1S/C22H21F3N2O3S/c1-15(21(28)26-14-16-10-11-17-6-3-4-7-18(17)12-16)27(31(2,29)30)20-9-5-8-19(13-20)22(23,24)25/h3-13,15H,14H2,1-2H3,(H,26,28)/t15-/m0/s1. The van der Waals surface area contributed by atoms with Crippen LogP contribution in [0.15, 0.2) is 66.7 Å². The fourth-order valence-electron chi connectivity index (χ4n) is 3.31. The van der Waals surface area contributed by atoms with Crippen molar-refractivity contribution in [3.05, 3.63) is 77.9 Å². The number of carbonyl (C=O) groups excluding carboxylic acids is 1. The van der Waals surface area contributed by atoms with Crippen LogP contribution in [-0.4, -0.2) is 26.6 Å². The summed E-state index contributed by atoms with van der Waals surface area (Å²) in [6, 6.07) is 16.0. The molecule has 0 aromatic heterocycles. The van der Waals surface area contributed by atoms with Gasteiger partial charge < -0.3 is 5.32 Å². The summed E-state index contributed by atoms with van der Waals surface area (Å²) in [5, 5.41) is 4.69. The van der Waals surface area contributed by atoms with Crippen LogP contribution in [0.1, 0.15) is 18.1 Å². The smallest absolute Gasteiger partial charge is 0.350 e. The molecule has 0 aliphatic heterocycles. The molecule has 0 fully saturated rings. The van der Waals surface area contributed by atoms with E-state index < -0.39 is 33.7 Å². The number of carbonyl (C=O) groups is 1. The Morgan fingerprint density at radius 2 is 1.68 bits per heavy atom. The first-order valence-corrected chi connectivity index (χ1v) is 11.2. The average molecular weight is 450 g/mol. The molecule has 31 heavy (non-hydrogen) atoms. The van der Waals surface area contributed by atoms with Crippen LogP contribution in [-0.2, 0) is 27.5 Å². The van der Waals surface area contributed by atoms with E-state index in [2.05, 4.69) is 5.32 Å². The number of rotatable bonds is 6. The second-order valence-electron chi connectivity index (χ2n) is 7.18. The number of amides is 1. The van der Waals surface area contributed by atoms with Gasteiger partial charge in [-0.3, -0.25) is 9.10 Å². The van der Waals surface area contributed by atoms with Crippen molar-refractivity contribution in [2.75, 3.05) is 10.6 Å². The van der Waals surface area contributed by atoms with E-state index in [1.807, 2.05) is 42.5 Å². The van der Waals surface area contributed by atoms with E-state index in [1.165, 1.54) is 13.0 Å². The van der Waals surface area contributed by atoms with Crippen molar-refractivity contribution >= 4 is 32.4 Å². The van der Waals surface area contributed by atoms with Crippen LogP contribution in [0.2, 0.25) is 0 Å². The number of hydrogen-bond acceptors (Lipinski definition) is 3. The molecule has 0 bridgehead atoms. The molecule has 0 aliphatic rings. The van der Waals surface area contributed by atoms with Gasteiger partial charge in [0.2, 0.25) is 15.9 Å². The summed E-state index contributed by atoms with van der Waals surface area (Å²) < 4.78 is 64.5. The van der Waals surface area contributed by atoms with Gasteiger partial charge in [-0.1, -0.05) is 42.5 Å². The van der Waals surface area contributed by atoms with Crippen molar-refractivity contribution in [3.8, 4) is 0 Å². The average Bonchev–Trinajstić information content (AvgIpc) is 2.70. The van der Waals surface area contributed by atoms with Crippen molar-refractivity contribution in [1.82, 2.24) is 5.32 Å². The molecule has 1 amide bonds. The van der Waals surface area contributed by atoms with Gasteiger partial charge in [0.1, 0.15) is 6.04 Å². The highest BCUT2D eigenvalue weighted by atomic mass is 32.2. The fourth-order valence-corrected chi connectivity index (χ4v) is 4.48. The number of sulfonamides is 1. The van der Waals surface area contributed by atoms with Crippen molar-refractivity contribution in [1.29, 1.82) is 0 Å². The predicted molar refractivity (Wildman–Crippen MR) is 114 cm³/mol. The fraction of sp³-hybridized carbons (Fsp3) is 0.227. The molecule has 3 rings (SSSR count). The minimum atomic E-state index is -4.64. The Labute approximate surface area is 178 Å². The van der Waals surface area contributed by atoms with Crippen molar-refractivity contribution in [2.45, 2.75) is 25.7 Å². The third kappa shape index (κ3) is 5.35. The van der Waals surface area contributed by atoms with Gasteiger partial charge in [0, 0.05) is 6.54 Å². The number of anilines is 1. The Balaban J connectivity index is 1.81. The lowest BCUT2D eigenvalue weighted by atomic mass is 10.1. The van der Waals surface area contributed by atoms with Crippen LogP contribution >= 0.6 is 0 Å². The molecule has 164 valence electrons. The summed E-state index contributed by atoms with van der Waals surface area (Å²) in [6.07, 6.45) is -3.79. The maximum atomic E-state index is 13.1. The highest BCUT2D eigenvalue weighted by Gasteiger charge is 2.34. The highest BCUT2D eigenvalue weighted by molar-refractivity contribution is 7.92. The molecular weight excluding hydrogens is 429 g/mol. The van der Waals surface area contributed by atoms with Gasteiger partial charge in [-0.05, 0) is 47.5 Å². The monoisotopic (exact) mass is 450 g/mol. The minimum absolute atomic E-state index is 0.147. The van der Waals surface area contributed by atoms with Crippen molar-refractivity contribution in [3.63, 3.8) is 0 Å². The van der Waals surface area contributed by atoms with E-state index >= 15 is 0 Å². The Bertz CT molecular complexity index is 1210. The zero-order valence-electron chi connectivity index (χ0n) is 16.8. The number of nitrogens with zero attached hydrogens (tertiary/aromatic N) is 1. The van der Waals surface area contributed by atoms with Crippen LogP contribution in [0.25, 0.3) is 10.8 Å². The summed E-state index contributed by atoms with van der Waals surface area (Å²) in [5.41, 5.74) is -0.419. The SMILES string of the molecule is C[C@@H](C(=O)NCc1ccc2ccccc2c1)N(c1cccc(C(F)(F)F)c1)S(C)(=O)=O. The predicted octanol–water partition coefficient (Wildman–Crippen LogP) is 4.33. The van der Waals surface area contributed by atoms with Crippen LogP contribution < -0.4 is 9.62 Å². The zero-order chi connectivity index (χ0) is 22.8. The Kier molecular flexibility index (Phi) is 6.26. The van der Waals surface area contributed by atoms with E-state index in [0.29, 0.717) is 10.4 Å². The summed E-state index contributed by atoms with van der Waals surface area (Å²) >= 11 is 0. The molecule has 0 unspecified atom stereocenters. The molecule has 3 aromatic carbocycles. The lowest BCUT2D eigenvalue weighted by Gasteiger charge is -2.28. The normalized spacial score (nSPS) is 13.1. The van der Waals surface area contributed by atoms with Gasteiger partial charge in [-0.15, -0.1) is 0 Å². The molecule has 0 spiro atoms. The second kappa shape index (κ2) is 8.58. The van der Waals surface area contributed by atoms with Gasteiger partial charge in [0.05, 0.1) is 17.5 Å². The molecule has 5 nitrogen and oxygen atoms in total. The highest BCUT2D eigenvalue weighted by Crippen LogP contribution is 2.32. The zero-order valence-corrected chi connectivity index (χ0v) is 17.7. The summed E-state index contributed by atoms with van der Waals surface area (Å²) in [4.78, 5) is 12.7. The molecule has 1 atom stereocenters. The molecule has 0 saturated carbocycles. The van der Waals surface area contributed by atoms with E-state index in [0.717, 1.165) is 34.7 Å². The maximum absolute atomic E-state index is 13.1. The molecular formula is C22H21F3N2O3S. The molecule has 9 heteroatoms. The molecule has 0 heterocycles. The topological polar surface area (TPSA) is 66.5 Å². The van der Waals surface area contributed by atoms with E-state index in [9.17, 15) is 26.4 Å². The minimum Gasteiger partial charge on any atom is -0.350 e. The number of hydrogen-bond donors (Lipinski definition) is 1. The first-order chi connectivity index (χ1) is 14.5. The van der Waals surface area contributed by atoms with Gasteiger partial charge >= 0.3 is 6.18 Å². The lowest BCUT2D eigenvalue weighted by Crippen LogP contribution is -2.47. The number of alkyl halides is 3. The maximum Gasteiger partial charge on any atom is 0.416 e. The van der Waals surface area contributed by atoms with E-state index in [1.54, 1.807) is 0 Å². The van der Waals surface area contributed by atoms with Gasteiger partial charge in [0.15, 0.2) is 0 Å². The number of benzene rings is 3. The molecule has 0 radical (unpaired) electrons. The van der Waals surface area contributed by atoms with Crippen molar-refractivity contribution in [2.24, 2.45) is 0 Å². The molecule has 1 N–H and O–H groups in total. The Hall–Kier alpha value is -3.07. The third-order valence-corrected chi connectivity index (χ3v) is 6.04. The third-order valence-electron chi connectivity index (χ3n) is 4.80. The largest absolute Gasteiger partial charge is 0.416 e. The lowest BCUT2D eigenvalue weighted by molar-refractivity contribution is -0.137. The summed E-state index contributed by atoms with van der Waals surface area (Å²) in [5.74, 6) is -0.629. The first-order valence-electron chi connectivity index (χ1n) is 9.39. The molecule has 0 saturated heterocycles. The number of nitrogens with one attached hydrogen (secondary N) is 1. The van der Waals surface area contributed by atoms with Crippen LogP contribution in [0.4, 0.5) is 18.9 Å². The number of fused-ring (bicyclic) bond motifs is 1. The second-order valence-corrected chi connectivity index (χ2v) is 9.04. The Morgan fingerprint density at radius 3 is 2.32 bits per heavy atom. The number of halogens is 3. The summed E-state index contributed by atoms with van der Waals surface area (Å²) in [6.45, 7) is 1.48. The quantitative estimate of drug-likeness (QED) is 0.608. The van der Waals surface area contributed by atoms with Gasteiger partial charge in [-0.2, -0.15) is 13.2 Å². The van der Waals surface area contributed by atoms with E-state index in [-0.39, 0.29) is 12.2 Å². The van der Waals surface area contributed by atoms with Crippen LogP contribution in [0.3, 0.4) is 0 Å². The molecule has 0 aliphatic carbocycles.